The maximum Gasteiger partial charge on any atom is 0.120 e. The molecule has 3 nitrogen and oxygen atoms in total. The minimum absolute atomic E-state index is 0.161. The second-order valence-corrected chi connectivity index (χ2v) is 4.22. The largest absolute Gasteiger partial charge is 0.508 e. The Labute approximate surface area is 101 Å². The second kappa shape index (κ2) is 5.06. The first-order valence-corrected chi connectivity index (χ1v) is 5.75. The molecule has 0 aliphatic carbocycles. The molecule has 0 spiro atoms. The summed E-state index contributed by atoms with van der Waals surface area (Å²) in [6, 6.07) is 11.4. The first-order chi connectivity index (χ1) is 8.16. The normalized spacial score (nSPS) is 14.5. The Balaban J connectivity index is 2.01. The molecule has 0 saturated carbocycles. The van der Waals surface area contributed by atoms with Crippen LogP contribution < -0.4 is 5.32 Å². The van der Waals surface area contributed by atoms with Crippen molar-refractivity contribution in [3.63, 3.8) is 0 Å². The Kier molecular flexibility index (Phi) is 3.49. The van der Waals surface area contributed by atoms with Crippen LogP contribution in [0.1, 0.15) is 37.3 Å². The van der Waals surface area contributed by atoms with Gasteiger partial charge in [0, 0.05) is 6.04 Å². The van der Waals surface area contributed by atoms with Gasteiger partial charge in [0.25, 0.3) is 0 Å². The summed E-state index contributed by atoms with van der Waals surface area (Å²) in [5.41, 5.74) is 1.14. The number of aromatic hydroxyl groups is 1. The summed E-state index contributed by atoms with van der Waals surface area (Å²) in [4.78, 5) is 0. The van der Waals surface area contributed by atoms with Gasteiger partial charge in [0.15, 0.2) is 0 Å². The summed E-state index contributed by atoms with van der Waals surface area (Å²) in [5.74, 6) is 1.22. The van der Waals surface area contributed by atoms with Gasteiger partial charge in [-0.25, -0.2) is 0 Å². The highest BCUT2D eigenvalue weighted by Gasteiger charge is 2.12. The van der Waals surface area contributed by atoms with Crippen molar-refractivity contribution in [1.82, 2.24) is 5.32 Å². The number of rotatable bonds is 4. The standard InChI is InChI=1S/C14H17NO2/c1-10(12-5-7-13(16)8-6-12)15-11(2)14-4-3-9-17-14/h3-11,15-16H,1-2H3/t10?,11-/m1/s1. The van der Waals surface area contributed by atoms with Crippen molar-refractivity contribution >= 4 is 0 Å². The molecule has 17 heavy (non-hydrogen) atoms. The Bertz CT molecular complexity index is 448. The molecule has 1 aromatic heterocycles. The van der Waals surface area contributed by atoms with Crippen LogP contribution in [-0.2, 0) is 0 Å². The monoisotopic (exact) mass is 231 g/mol. The van der Waals surface area contributed by atoms with Gasteiger partial charge < -0.3 is 14.8 Å². The van der Waals surface area contributed by atoms with Crippen LogP contribution in [0.5, 0.6) is 5.75 Å². The van der Waals surface area contributed by atoms with E-state index >= 15 is 0 Å². The third-order valence-electron chi connectivity index (χ3n) is 2.86. The summed E-state index contributed by atoms with van der Waals surface area (Å²) in [6.45, 7) is 4.15. The zero-order chi connectivity index (χ0) is 12.3. The predicted molar refractivity (Wildman–Crippen MR) is 66.8 cm³/mol. The molecule has 1 aromatic carbocycles. The lowest BCUT2D eigenvalue weighted by molar-refractivity contribution is 0.402. The molecule has 0 radical (unpaired) electrons. The van der Waals surface area contributed by atoms with Crippen molar-refractivity contribution < 1.29 is 9.52 Å². The maximum atomic E-state index is 9.24. The molecular formula is C14H17NO2. The average molecular weight is 231 g/mol. The van der Waals surface area contributed by atoms with Crippen LogP contribution in [0.25, 0.3) is 0 Å². The van der Waals surface area contributed by atoms with Crippen molar-refractivity contribution in [2.75, 3.05) is 0 Å². The van der Waals surface area contributed by atoms with Gasteiger partial charge in [-0.05, 0) is 43.7 Å². The van der Waals surface area contributed by atoms with Crippen molar-refractivity contribution in [2.24, 2.45) is 0 Å². The van der Waals surface area contributed by atoms with E-state index in [4.69, 9.17) is 4.42 Å². The van der Waals surface area contributed by atoms with Crippen LogP contribution >= 0.6 is 0 Å². The molecule has 0 amide bonds. The Morgan fingerprint density at radius 2 is 1.76 bits per heavy atom. The van der Waals surface area contributed by atoms with Gasteiger partial charge in [-0.2, -0.15) is 0 Å². The van der Waals surface area contributed by atoms with E-state index < -0.39 is 0 Å². The molecule has 2 aromatic rings. The number of hydrogen-bond acceptors (Lipinski definition) is 3. The number of nitrogens with one attached hydrogen (secondary N) is 1. The highest BCUT2D eigenvalue weighted by atomic mass is 16.3. The number of furan rings is 1. The minimum atomic E-state index is 0.161. The number of phenolic OH excluding ortho intramolecular Hbond substituents is 1. The molecule has 2 N–H and O–H groups in total. The molecule has 2 rings (SSSR count). The first kappa shape index (κ1) is 11.7. The highest BCUT2D eigenvalue weighted by Crippen LogP contribution is 2.21. The van der Waals surface area contributed by atoms with E-state index in [-0.39, 0.29) is 12.1 Å². The minimum Gasteiger partial charge on any atom is -0.508 e. The Morgan fingerprint density at radius 1 is 1.06 bits per heavy atom. The molecule has 3 heteroatoms. The van der Waals surface area contributed by atoms with E-state index in [0.29, 0.717) is 5.75 Å². The fraction of sp³-hybridized carbons (Fsp3) is 0.286. The van der Waals surface area contributed by atoms with Crippen LogP contribution in [0.3, 0.4) is 0 Å². The lowest BCUT2D eigenvalue weighted by Crippen LogP contribution is -2.22. The van der Waals surface area contributed by atoms with Gasteiger partial charge in [0.05, 0.1) is 12.3 Å². The van der Waals surface area contributed by atoms with E-state index in [2.05, 4.69) is 19.2 Å². The fourth-order valence-corrected chi connectivity index (χ4v) is 1.85. The Hall–Kier alpha value is -1.74. The van der Waals surface area contributed by atoms with Crippen LogP contribution in [0.2, 0.25) is 0 Å². The number of phenols is 1. The van der Waals surface area contributed by atoms with E-state index in [0.717, 1.165) is 11.3 Å². The zero-order valence-electron chi connectivity index (χ0n) is 10.1. The lowest BCUT2D eigenvalue weighted by atomic mass is 10.1. The van der Waals surface area contributed by atoms with Gasteiger partial charge in [-0.15, -0.1) is 0 Å². The zero-order valence-corrected chi connectivity index (χ0v) is 10.1. The summed E-state index contributed by atoms with van der Waals surface area (Å²) in [5, 5.41) is 12.7. The van der Waals surface area contributed by atoms with Gasteiger partial charge in [0.1, 0.15) is 11.5 Å². The first-order valence-electron chi connectivity index (χ1n) is 5.75. The summed E-state index contributed by atoms with van der Waals surface area (Å²) in [6.07, 6.45) is 1.68. The lowest BCUT2D eigenvalue weighted by Gasteiger charge is -2.18. The van der Waals surface area contributed by atoms with Crippen LogP contribution in [0.15, 0.2) is 47.1 Å². The van der Waals surface area contributed by atoms with Gasteiger partial charge in [-0.1, -0.05) is 12.1 Å². The van der Waals surface area contributed by atoms with Gasteiger partial charge >= 0.3 is 0 Å². The second-order valence-electron chi connectivity index (χ2n) is 4.22. The van der Waals surface area contributed by atoms with Crippen LogP contribution in [-0.4, -0.2) is 5.11 Å². The SMILES string of the molecule is CC(N[C@H](C)c1ccco1)c1ccc(O)cc1. The average Bonchev–Trinajstić information content (AvgIpc) is 2.83. The molecule has 0 fully saturated rings. The summed E-state index contributed by atoms with van der Waals surface area (Å²) in [7, 11) is 0. The molecule has 1 heterocycles. The third kappa shape index (κ3) is 2.88. The smallest absolute Gasteiger partial charge is 0.120 e. The van der Waals surface area contributed by atoms with E-state index in [1.54, 1.807) is 18.4 Å². The third-order valence-corrected chi connectivity index (χ3v) is 2.86. The van der Waals surface area contributed by atoms with Crippen molar-refractivity contribution in [3.8, 4) is 5.75 Å². The van der Waals surface area contributed by atoms with Gasteiger partial charge in [0.2, 0.25) is 0 Å². The van der Waals surface area contributed by atoms with Crippen LogP contribution in [0, 0.1) is 0 Å². The molecule has 0 aliphatic rings. The van der Waals surface area contributed by atoms with Gasteiger partial charge in [-0.3, -0.25) is 0 Å². The molecule has 0 saturated heterocycles. The molecule has 90 valence electrons. The number of benzene rings is 1. The molecule has 1 unspecified atom stereocenters. The Morgan fingerprint density at radius 3 is 2.35 bits per heavy atom. The van der Waals surface area contributed by atoms with Crippen LogP contribution in [0.4, 0.5) is 0 Å². The maximum absolute atomic E-state index is 9.24. The molecular weight excluding hydrogens is 214 g/mol. The van der Waals surface area contributed by atoms with Crippen molar-refractivity contribution in [3.05, 3.63) is 54.0 Å². The topological polar surface area (TPSA) is 45.4 Å². The summed E-state index contributed by atoms with van der Waals surface area (Å²) >= 11 is 0. The quantitative estimate of drug-likeness (QED) is 0.847. The summed E-state index contributed by atoms with van der Waals surface area (Å²) < 4.78 is 5.35. The van der Waals surface area contributed by atoms with E-state index in [9.17, 15) is 5.11 Å². The molecule has 2 atom stereocenters. The predicted octanol–water partition coefficient (Wildman–Crippen LogP) is 3.40. The molecule has 0 bridgehead atoms. The fourth-order valence-electron chi connectivity index (χ4n) is 1.85. The highest BCUT2D eigenvalue weighted by molar-refractivity contribution is 5.27. The van der Waals surface area contributed by atoms with E-state index in [1.807, 2.05) is 24.3 Å². The number of hydrogen-bond donors (Lipinski definition) is 2. The van der Waals surface area contributed by atoms with E-state index in [1.165, 1.54) is 0 Å². The van der Waals surface area contributed by atoms with Crippen molar-refractivity contribution in [1.29, 1.82) is 0 Å². The molecule has 0 aliphatic heterocycles. The van der Waals surface area contributed by atoms with Crippen molar-refractivity contribution in [2.45, 2.75) is 25.9 Å².